The van der Waals surface area contributed by atoms with Crippen molar-refractivity contribution in [3.8, 4) is 17.3 Å². The number of aromatic nitrogens is 4. The first-order chi connectivity index (χ1) is 15.1. The molecule has 0 aliphatic rings. The van der Waals surface area contributed by atoms with E-state index in [4.69, 9.17) is 21.1 Å². The highest BCUT2D eigenvalue weighted by Crippen LogP contribution is 2.29. The standard InChI is InChI=1S/C20H22ClN5O5S/c1-12(13-7-5-6-8-14(13)21)31-18(27)11-17-19(23-25-26(17)2)15-9-10-16(20(22-15)30-3)24-32(4,28)29/h5-10,12,24H,11H2,1-4H3/t12-/m1/s1. The maximum absolute atomic E-state index is 12.6. The maximum atomic E-state index is 12.6. The Morgan fingerprint density at radius 2 is 1.97 bits per heavy atom. The summed E-state index contributed by atoms with van der Waals surface area (Å²) in [5.41, 5.74) is 2.05. The fourth-order valence-corrected chi connectivity index (χ4v) is 3.87. The van der Waals surface area contributed by atoms with E-state index in [-0.39, 0.29) is 18.0 Å². The van der Waals surface area contributed by atoms with E-state index in [0.717, 1.165) is 6.26 Å². The van der Waals surface area contributed by atoms with Gasteiger partial charge in [0.05, 0.1) is 31.2 Å². The molecule has 32 heavy (non-hydrogen) atoms. The number of methoxy groups -OCH3 is 1. The van der Waals surface area contributed by atoms with Crippen LogP contribution >= 0.6 is 11.6 Å². The smallest absolute Gasteiger partial charge is 0.312 e. The Morgan fingerprint density at radius 1 is 1.25 bits per heavy atom. The molecule has 10 nitrogen and oxygen atoms in total. The van der Waals surface area contributed by atoms with Crippen molar-refractivity contribution < 1.29 is 22.7 Å². The van der Waals surface area contributed by atoms with E-state index in [1.165, 1.54) is 17.9 Å². The van der Waals surface area contributed by atoms with Crippen LogP contribution in [0.2, 0.25) is 5.02 Å². The number of ether oxygens (including phenoxy) is 2. The second-order valence-corrected chi connectivity index (χ2v) is 9.12. The van der Waals surface area contributed by atoms with Gasteiger partial charge in [-0.3, -0.25) is 14.2 Å². The molecular weight excluding hydrogens is 458 g/mol. The molecule has 170 valence electrons. The third kappa shape index (κ3) is 5.54. The van der Waals surface area contributed by atoms with Crippen molar-refractivity contribution in [1.29, 1.82) is 0 Å². The largest absolute Gasteiger partial charge is 0.479 e. The number of aryl methyl sites for hydroxylation is 1. The molecule has 3 rings (SSSR count). The molecule has 0 spiro atoms. The molecule has 2 aromatic heterocycles. The first-order valence-corrected chi connectivity index (χ1v) is 11.7. The zero-order valence-electron chi connectivity index (χ0n) is 17.9. The Bertz CT molecular complexity index is 1240. The molecule has 0 radical (unpaired) electrons. The van der Waals surface area contributed by atoms with Crippen molar-refractivity contribution in [3.63, 3.8) is 0 Å². The van der Waals surface area contributed by atoms with Gasteiger partial charge < -0.3 is 9.47 Å². The van der Waals surface area contributed by atoms with Crippen molar-refractivity contribution in [2.75, 3.05) is 18.1 Å². The van der Waals surface area contributed by atoms with Crippen molar-refractivity contribution >= 4 is 33.3 Å². The zero-order chi connectivity index (χ0) is 23.5. The number of nitrogens with one attached hydrogen (secondary N) is 1. The van der Waals surface area contributed by atoms with Gasteiger partial charge in [-0.25, -0.2) is 13.4 Å². The fourth-order valence-electron chi connectivity index (χ4n) is 3.02. The quantitative estimate of drug-likeness (QED) is 0.489. The van der Waals surface area contributed by atoms with Crippen molar-refractivity contribution in [3.05, 3.63) is 52.7 Å². The first-order valence-electron chi connectivity index (χ1n) is 9.44. The lowest BCUT2D eigenvalue weighted by Gasteiger charge is -2.15. The molecule has 12 heteroatoms. The monoisotopic (exact) mass is 479 g/mol. The van der Waals surface area contributed by atoms with Gasteiger partial charge in [0.15, 0.2) is 0 Å². The fraction of sp³-hybridized carbons (Fsp3) is 0.300. The molecular formula is C20H22ClN5O5S. The van der Waals surface area contributed by atoms with Crippen LogP contribution in [0.3, 0.4) is 0 Å². The predicted molar refractivity (Wildman–Crippen MR) is 119 cm³/mol. The molecule has 3 aromatic rings. The Hall–Kier alpha value is -3.18. The van der Waals surface area contributed by atoms with Crippen molar-refractivity contribution in [2.45, 2.75) is 19.4 Å². The van der Waals surface area contributed by atoms with E-state index in [1.54, 1.807) is 38.2 Å². The molecule has 0 amide bonds. The van der Waals surface area contributed by atoms with Gasteiger partial charge >= 0.3 is 5.97 Å². The van der Waals surface area contributed by atoms with Gasteiger partial charge in [0.1, 0.15) is 17.5 Å². The minimum absolute atomic E-state index is 0.0550. The lowest BCUT2D eigenvalue weighted by molar-refractivity contribution is -0.147. The van der Waals surface area contributed by atoms with Crippen LogP contribution in [0.15, 0.2) is 36.4 Å². The highest BCUT2D eigenvalue weighted by molar-refractivity contribution is 7.92. The van der Waals surface area contributed by atoms with E-state index < -0.39 is 22.1 Å². The minimum atomic E-state index is -3.52. The van der Waals surface area contributed by atoms with Crippen LogP contribution in [0.5, 0.6) is 5.88 Å². The number of esters is 1. The SMILES string of the molecule is COc1nc(-c2nnn(C)c2CC(=O)O[C@H](C)c2ccccc2Cl)ccc1NS(C)(=O)=O. The topological polar surface area (TPSA) is 125 Å². The second-order valence-electron chi connectivity index (χ2n) is 6.97. The van der Waals surface area contributed by atoms with Gasteiger partial charge in [-0.2, -0.15) is 0 Å². The lowest BCUT2D eigenvalue weighted by Crippen LogP contribution is -2.14. The third-order valence-electron chi connectivity index (χ3n) is 4.50. The molecule has 1 N–H and O–H groups in total. The summed E-state index contributed by atoms with van der Waals surface area (Å²) in [4.78, 5) is 16.9. The summed E-state index contributed by atoms with van der Waals surface area (Å²) >= 11 is 6.18. The van der Waals surface area contributed by atoms with E-state index in [0.29, 0.717) is 27.7 Å². The summed E-state index contributed by atoms with van der Waals surface area (Å²) in [7, 11) is -0.506. The number of hydrogen-bond donors (Lipinski definition) is 1. The number of anilines is 1. The number of carbonyl (C=O) groups is 1. The minimum Gasteiger partial charge on any atom is -0.479 e. The van der Waals surface area contributed by atoms with Gasteiger partial charge in [-0.15, -0.1) is 5.10 Å². The third-order valence-corrected chi connectivity index (χ3v) is 5.43. The lowest BCUT2D eigenvalue weighted by atomic mass is 10.1. The number of carbonyl (C=O) groups excluding carboxylic acids is 1. The van der Waals surface area contributed by atoms with Crippen LogP contribution in [0.25, 0.3) is 11.4 Å². The summed E-state index contributed by atoms with van der Waals surface area (Å²) in [5, 5.41) is 8.59. The van der Waals surface area contributed by atoms with Crippen LogP contribution in [0.4, 0.5) is 5.69 Å². The second kappa shape index (κ2) is 9.53. The van der Waals surface area contributed by atoms with Crippen molar-refractivity contribution in [1.82, 2.24) is 20.0 Å². The number of rotatable bonds is 8. The van der Waals surface area contributed by atoms with Gasteiger partial charge in [0.25, 0.3) is 0 Å². The number of hydrogen-bond acceptors (Lipinski definition) is 8. The molecule has 0 saturated heterocycles. The number of benzene rings is 1. The van der Waals surface area contributed by atoms with Crippen molar-refractivity contribution in [2.24, 2.45) is 7.05 Å². The molecule has 0 aliphatic carbocycles. The molecule has 0 bridgehead atoms. The van der Waals surface area contributed by atoms with Gasteiger partial charge in [0, 0.05) is 17.6 Å². The van der Waals surface area contributed by atoms with E-state index >= 15 is 0 Å². The normalized spacial score (nSPS) is 12.3. The molecule has 0 aliphatic heterocycles. The Labute approximate surface area is 190 Å². The van der Waals surface area contributed by atoms with Crippen LogP contribution < -0.4 is 9.46 Å². The Balaban J connectivity index is 1.83. The Morgan fingerprint density at radius 3 is 2.62 bits per heavy atom. The number of pyridine rings is 1. The van der Waals surface area contributed by atoms with Crippen LogP contribution in [0, 0.1) is 0 Å². The van der Waals surface area contributed by atoms with Gasteiger partial charge in [-0.05, 0) is 25.1 Å². The number of sulfonamides is 1. The molecule has 1 aromatic carbocycles. The van der Waals surface area contributed by atoms with Gasteiger partial charge in [0.2, 0.25) is 15.9 Å². The molecule has 0 unspecified atom stereocenters. The maximum Gasteiger partial charge on any atom is 0.312 e. The van der Waals surface area contributed by atoms with Crippen LogP contribution in [-0.4, -0.2) is 47.7 Å². The number of nitrogens with zero attached hydrogens (tertiary/aromatic N) is 4. The highest BCUT2D eigenvalue weighted by Gasteiger charge is 2.22. The van der Waals surface area contributed by atoms with Crippen LogP contribution in [0.1, 0.15) is 24.3 Å². The van der Waals surface area contributed by atoms with Crippen LogP contribution in [-0.2, 0) is 33.0 Å². The first kappa shape index (κ1) is 23.5. The number of halogens is 1. The molecule has 1 atom stereocenters. The molecule has 2 heterocycles. The molecule has 0 saturated carbocycles. The average molecular weight is 480 g/mol. The summed E-state index contributed by atoms with van der Waals surface area (Å²) in [6, 6.07) is 10.2. The van der Waals surface area contributed by atoms with E-state index in [9.17, 15) is 13.2 Å². The summed E-state index contributed by atoms with van der Waals surface area (Å²) in [6.07, 6.45) is 0.373. The van der Waals surface area contributed by atoms with E-state index in [2.05, 4.69) is 20.0 Å². The highest BCUT2D eigenvalue weighted by atomic mass is 35.5. The predicted octanol–water partition coefficient (Wildman–Crippen LogP) is 2.76. The average Bonchev–Trinajstić information content (AvgIpc) is 3.07. The summed E-state index contributed by atoms with van der Waals surface area (Å²) < 4.78 is 37.6. The Kier molecular flexibility index (Phi) is 6.99. The summed E-state index contributed by atoms with van der Waals surface area (Å²) in [6.45, 7) is 1.74. The van der Waals surface area contributed by atoms with E-state index in [1.807, 2.05) is 6.07 Å². The molecule has 0 fully saturated rings. The summed E-state index contributed by atoms with van der Waals surface area (Å²) in [5.74, 6) is -0.439. The van der Waals surface area contributed by atoms with Gasteiger partial charge in [-0.1, -0.05) is 35.0 Å². The zero-order valence-corrected chi connectivity index (χ0v) is 19.4.